The molecule has 0 spiro atoms. The van der Waals surface area contributed by atoms with Crippen LogP contribution in [0.1, 0.15) is 30.9 Å². The summed E-state index contributed by atoms with van der Waals surface area (Å²) in [5.74, 6) is -0.270. The maximum atomic E-state index is 10.6. The van der Waals surface area contributed by atoms with Crippen LogP contribution in [0.4, 0.5) is 0 Å². The minimum Gasteiger partial charge on any atom is -0.481 e. The number of nitrogens with zero attached hydrogens (tertiary/aromatic N) is 2. The van der Waals surface area contributed by atoms with Crippen molar-refractivity contribution in [2.75, 3.05) is 5.75 Å². The van der Waals surface area contributed by atoms with Gasteiger partial charge in [-0.1, -0.05) is 49.9 Å². The summed E-state index contributed by atoms with van der Waals surface area (Å²) in [5, 5.41) is 9.45. The van der Waals surface area contributed by atoms with Gasteiger partial charge < -0.3 is 9.67 Å². The summed E-state index contributed by atoms with van der Waals surface area (Å²) in [6.45, 7) is 5.05. The number of benzene rings is 1. The third kappa shape index (κ3) is 3.87. The Kier molecular flexibility index (Phi) is 4.84. The van der Waals surface area contributed by atoms with Crippen molar-refractivity contribution in [1.29, 1.82) is 0 Å². The van der Waals surface area contributed by atoms with E-state index in [1.165, 1.54) is 22.9 Å². The molecule has 1 N–H and O–H groups in total. The van der Waals surface area contributed by atoms with Crippen molar-refractivity contribution < 1.29 is 9.90 Å². The number of carbonyl (C=O) groups is 1. The lowest BCUT2D eigenvalue weighted by Gasteiger charge is -2.09. The molecule has 0 radical (unpaired) electrons. The summed E-state index contributed by atoms with van der Waals surface area (Å²) in [4.78, 5) is 14.8. The molecule has 0 fully saturated rings. The maximum absolute atomic E-state index is 10.6. The van der Waals surface area contributed by atoms with Crippen LogP contribution in [0.2, 0.25) is 0 Å². The quantitative estimate of drug-likeness (QED) is 0.830. The van der Waals surface area contributed by atoms with E-state index in [-0.39, 0.29) is 5.75 Å². The summed E-state index contributed by atoms with van der Waals surface area (Å²) in [7, 11) is 0. The number of hydrogen-bond acceptors (Lipinski definition) is 3. The molecule has 4 nitrogen and oxygen atoms in total. The second kappa shape index (κ2) is 6.61. The molecule has 0 amide bonds. The van der Waals surface area contributed by atoms with Gasteiger partial charge in [0.1, 0.15) is 0 Å². The van der Waals surface area contributed by atoms with Crippen LogP contribution in [0, 0.1) is 0 Å². The van der Waals surface area contributed by atoms with Gasteiger partial charge in [-0.15, -0.1) is 0 Å². The largest absolute Gasteiger partial charge is 0.481 e. The fraction of sp³-hybridized carbons (Fsp3) is 0.333. The summed E-state index contributed by atoms with van der Waals surface area (Å²) in [6.07, 6.45) is 3.58. The van der Waals surface area contributed by atoms with Gasteiger partial charge in [0.25, 0.3) is 0 Å². The van der Waals surface area contributed by atoms with Gasteiger partial charge in [-0.3, -0.25) is 4.79 Å². The second-order valence-electron chi connectivity index (χ2n) is 4.92. The van der Waals surface area contributed by atoms with Gasteiger partial charge in [0, 0.05) is 18.9 Å². The van der Waals surface area contributed by atoms with Gasteiger partial charge in [0.2, 0.25) is 0 Å². The molecule has 1 aromatic heterocycles. The van der Waals surface area contributed by atoms with Crippen LogP contribution in [0.5, 0.6) is 0 Å². The van der Waals surface area contributed by atoms with E-state index in [1.807, 2.05) is 10.8 Å². The predicted octanol–water partition coefficient (Wildman–Crippen LogP) is 3.23. The van der Waals surface area contributed by atoms with E-state index in [0.29, 0.717) is 12.5 Å². The molecular formula is C15H18N2O2S. The summed E-state index contributed by atoms with van der Waals surface area (Å²) >= 11 is 1.24. The first-order valence-corrected chi connectivity index (χ1v) is 7.49. The highest BCUT2D eigenvalue weighted by Crippen LogP contribution is 2.19. The fourth-order valence-electron chi connectivity index (χ4n) is 1.89. The Morgan fingerprint density at radius 2 is 2.05 bits per heavy atom. The van der Waals surface area contributed by atoms with E-state index in [4.69, 9.17) is 5.11 Å². The number of thioether (sulfide) groups is 1. The Morgan fingerprint density at radius 3 is 2.65 bits per heavy atom. The Bertz CT molecular complexity index is 576. The van der Waals surface area contributed by atoms with Gasteiger partial charge in [-0.2, -0.15) is 0 Å². The molecule has 1 heterocycles. The van der Waals surface area contributed by atoms with E-state index in [9.17, 15) is 4.79 Å². The number of carboxylic acid groups (broad SMARTS) is 1. The van der Waals surface area contributed by atoms with E-state index in [2.05, 4.69) is 43.1 Å². The molecule has 1 aromatic carbocycles. The summed E-state index contributed by atoms with van der Waals surface area (Å²) in [6, 6.07) is 8.50. The van der Waals surface area contributed by atoms with Crippen LogP contribution in [0.15, 0.2) is 41.8 Å². The van der Waals surface area contributed by atoms with Crippen molar-refractivity contribution >= 4 is 17.7 Å². The Balaban J connectivity index is 2.06. The molecule has 2 rings (SSSR count). The number of carboxylic acids is 1. The second-order valence-corrected chi connectivity index (χ2v) is 5.86. The molecule has 106 valence electrons. The van der Waals surface area contributed by atoms with Gasteiger partial charge in [0.05, 0.1) is 5.75 Å². The third-order valence-electron chi connectivity index (χ3n) is 3.00. The first-order valence-electron chi connectivity index (χ1n) is 6.51. The fourth-order valence-corrected chi connectivity index (χ4v) is 2.57. The molecule has 0 saturated carbocycles. The summed E-state index contributed by atoms with van der Waals surface area (Å²) in [5.41, 5.74) is 2.50. The molecule has 0 aliphatic heterocycles. The lowest BCUT2D eigenvalue weighted by atomic mass is 10.0. The standard InChI is InChI=1S/C15H18N2O2S/c1-11(2)13-5-3-12(4-6-13)9-17-8-7-16-15(17)20-10-14(18)19/h3-8,11H,9-10H2,1-2H3,(H,18,19). The van der Waals surface area contributed by atoms with E-state index < -0.39 is 5.97 Å². The van der Waals surface area contributed by atoms with E-state index in [1.54, 1.807) is 6.20 Å². The van der Waals surface area contributed by atoms with Gasteiger partial charge in [0.15, 0.2) is 5.16 Å². The van der Waals surface area contributed by atoms with Crippen molar-refractivity contribution in [2.24, 2.45) is 0 Å². The van der Waals surface area contributed by atoms with Crippen LogP contribution < -0.4 is 0 Å². The van der Waals surface area contributed by atoms with Gasteiger partial charge in [-0.05, 0) is 17.0 Å². The molecule has 0 aliphatic rings. The molecular weight excluding hydrogens is 272 g/mol. The molecule has 5 heteroatoms. The Hall–Kier alpha value is -1.75. The van der Waals surface area contributed by atoms with Crippen molar-refractivity contribution in [2.45, 2.75) is 31.5 Å². The first-order chi connectivity index (χ1) is 9.56. The minimum absolute atomic E-state index is 0.0311. The van der Waals surface area contributed by atoms with Crippen LogP contribution in [-0.4, -0.2) is 26.4 Å². The van der Waals surface area contributed by atoms with Crippen molar-refractivity contribution in [3.63, 3.8) is 0 Å². The van der Waals surface area contributed by atoms with Crippen molar-refractivity contribution in [3.8, 4) is 0 Å². The zero-order valence-corrected chi connectivity index (χ0v) is 12.4. The number of hydrogen-bond donors (Lipinski definition) is 1. The number of aliphatic carboxylic acids is 1. The Labute approximate surface area is 122 Å². The van der Waals surface area contributed by atoms with Crippen LogP contribution in [-0.2, 0) is 11.3 Å². The van der Waals surface area contributed by atoms with E-state index in [0.717, 1.165) is 5.16 Å². The zero-order chi connectivity index (χ0) is 14.5. The van der Waals surface area contributed by atoms with Crippen LogP contribution in [0.25, 0.3) is 0 Å². The average molecular weight is 290 g/mol. The van der Waals surface area contributed by atoms with E-state index >= 15 is 0 Å². The SMILES string of the molecule is CC(C)c1ccc(Cn2ccnc2SCC(=O)O)cc1. The smallest absolute Gasteiger partial charge is 0.313 e. The van der Waals surface area contributed by atoms with Crippen LogP contribution >= 0.6 is 11.8 Å². The number of rotatable bonds is 6. The normalized spacial score (nSPS) is 10.9. The van der Waals surface area contributed by atoms with Gasteiger partial charge >= 0.3 is 5.97 Å². The lowest BCUT2D eigenvalue weighted by Crippen LogP contribution is -2.04. The highest BCUT2D eigenvalue weighted by Gasteiger charge is 2.07. The van der Waals surface area contributed by atoms with Crippen LogP contribution in [0.3, 0.4) is 0 Å². The predicted molar refractivity (Wildman–Crippen MR) is 80.2 cm³/mol. The minimum atomic E-state index is -0.828. The molecule has 0 unspecified atom stereocenters. The van der Waals surface area contributed by atoms with Crippen molar-refractivity contribution in [3.05, 3.63) is 47.8 Å². The monoisotopic (exact) mass is 290 g/mol. The average Bonchev–Trinajstić information content (AvgIpc) is 2.84. The third-order valence-corrected chi connectivity index (χ3v) is 3.99. The molecule has 0 saturated heterocycles. The zero-order valence-electron chi connectivity index (χ0n) is 11.6. The summed E-state index contributed by atoms with van der Waals surface area (Å²) < 4.78 is 1.97. The first kappa shape index (κ1) is 14.7. The molecule has 2 aromatic rings. The number of imidazole rings is 1. The lowest BCUT2D eigenvalue weighted by molar-refractivity contribution is -0.133. The van der Waals surface area contributed by atoms with Crippen molar-refractivity contribution in [1.82, 2.24) is 9.55 Å². The topological polar surface area (TPSA) is 55.1 Å². The molecule has 0 bridgehead atoms. The molecule has 0 aliphatic carbocycles. The maximum Gasteiger partial charge on any atom is 0.313 e. The highest BCUT2D eigenvalue weighted by molar-refractivity contribution is 7.99. The van der Waals surface area contributed by atoms with Gasteiger partial charge in [-0.25, -0.2) is 4.98 Å². The molecule has 0 atom stereocenters. The molecule has 20 heavy (non-hydrogen) atoms. The highest BCUT2D eigenvalue weighted by atomic mass is 32.2. The number of aromatic nitrogens is 2. The Morgan fingerprint density at radius 1 is 1.35 bits per heavy atom.